The number of hydrogen-bond donors (Lipinski definition) is 2. The molecule has 72 heavy (non-hydrogen) atoms. The molecule has 0 aromatic carbocycles. The van der Waals surface area contributed by atoms with Crippen molar-refractivity contribution >= 4 is 95.8 Å². The third kappa shape index (κ3) is 34.8. The fraction of sp³-hybridized carbons (Fsp3) is 0.750. The zero-order chi connectivity index (χ0) is 56.7. The van der Waals surface area contributed by atoms with E-state index in [0.717, 1.165) is 0 Å². The van der Waals surface area contributed by atoms with Crippen molar-refractivity contribution in [2.75, 3.05) is 53.4 Å². The van der Waals surface area contributed by atoms with E-state index in [1.54, 1.807) is 13.8 Å². The molecule has 418 valence electrons. The van der Waals surface area contributed by atoms with E-state index < -0.39 is 134 Å². The molecule has 32 heteroatoms. The highest BCUT2D eigenvalue weighted by molar-refractivity contribution is 8.05. The molecule has 0 saturated carbocycles. The standard InChI is InChI=1S/C18H31O12P.C14H22O10.C6H8O4.C2H5Cl2O2P/c1-8-27-31(7,23)30-14(5)18(22)29-13(4)16(20)26-10-9-25-15(19)12(3)28-17(21)11(2)24-6;1-7(15)11(17)23-9(3)13(19)21-5-6-22-14(20)10(4)24-12(18)8(2)16;1-3-5(7)10-4(2)6(8)9-3;1-2-6-7(3,4)5/h11-14H,8-10H2,1-7H3;7-10,15-16H,5-6H2,1-4H3;3-4H,1-2H3;2H2,1H3/t;7-,8+,9-,10+;3-,4-;/m..0./s1. The van der Waals surface area contributed by atoms with Gasteiger partial charge in [0.2, 0.25) is 0 Å². The molecule has 5 unspecified atom stereocenters. The van der Waals surface area contributed by atoms with Crippen LogP contribution in [0.3, 0.4) is 0 Å². The summed E-state index contributed by atoms with van der Waals surface area (Å²) in [6.07, 6.45) is -14.4. The largest absolute Gasteiger partial charge is 0.459 e. The van der Waals surface area contributed by atoms with Crippen molar-refractivity contribution in [1.29, 1.82) is 0 Å². The highest BCUT2D eigenvalue weighted by atomic mass is 35.9. The zero-order valence-corrected chi connectivity index (χ0v) is 45.5. The summed E-state index contributed by atoms with van der Waals surface area (Å²) in [6.45, 7) is 16.9. The molecule has 0 radical (unpaired) electrons. The Morgan fingerprint density at radius 1 is 0.514 bits per heavy atom. The SMILES string of the molecule is CCOP(=O)(Cl)Cl.CCOP(C)(=O)OC(C)C(=O)OC(C)C(=O)OCCOC(=O)C(C)OC(=O)C(C)OC.C[C@@H]1OC(=O)[C@H](C)OC1=O.C[C@H](O)C(=O)O[C@@H](C)C(=O)OCCOC(=O)[C@@H](C)OC(=O)[C@@H](C)O. The van der Waals surface area contributed by atoms with Gasteiger partial charge in [-0.25, -0.2) is 47.9 Å². The van der Waals surface area contributed by atoms with E-state index in [0.29, 0.717) is 0 Å². The maximum Gasteiger partial charge on any atom is 0.380 e. The van der Waals surface area contributed by atoms with Gasteiger partial charge >= 0.3 is 73.4 Å². The Bertz CT molecular complexity index is 1790. The fourth-order valence-electron chi connectivity index (χ4n) is 3.79. The van der Waals surface area contributed by atoms with E-state index in [-0.39, 0.29) is 39.6 Å². The molecule has 0 bridgehead atoms. The van der Waals surface area contributed by atoms with Crippen molar-refractivity contribution in [3.63, 3.8) is 0 Å². The number of carbonyl (C=O) groups excluding carboxylic acids is 10. The molecule has 1 heterocycles. The van der Waals surface area contributed by atoms with E-state index in [1.165, 1.54) is 83.0 Å². The summed E-state index contributed by atoms with van der Waals surface area (Å²) < 4.78 is 88.3. The number of hydrogen-bond acceptors (Lipinski definition) is 28. The van der Waals surface area contributed by atoms with E-state index in [2.05, 4.69) is 23.5 Å². The van der Waals surface area contributed by atoms with Crippen molar-refractivity contribution < 1.29 is 133 Å². The Morgan fingerprint density at radius 2 is 0.792 bits per heavy atom. The average Bonchev–Trinajstić information content (AvgIpc) is 3.27. The van der Waals surface area contributed by atoms with Crippen LogP contribution in [0, 0.1) is 0 Å². The van der Waals surface area contributed by atoms with Gasteiger partial charge in [0.05, 0.1) is 13.2 Å². The molecule has 0 aliphatic carbocycles. The first-order chi connectivity index (χ1) is 33.1. The molecule has 1 aliphatic heterocycles. The van der Waals surface area contributed by atoms with E-state index in [9.17, 15) is 57.1 Å². The van der Waals surface area contributed by atoms with Gasteiger partial charge in [-0.05, 0) is 106 Å². The van der Waals surface area contributed by atoms with Crippen molar-refractivity contribution in [2.24, 2.45) is 0 Å². The molecule has 0 amide bonds. The van der Waals surface area contributed by atoms with Crippen LogP contribution in [0.4, 0.5) is 0 Å². The van der Waals surface area contributed by atoms with E-state index in [4.69, 9.17) is 74.9 Å². The van der Waals surface area contributed by atoms with Crippen LogP contribution in [0.1, 0.15) is 83.1 Å². The van der Waals surface area contributed by atoms with Crippen LogP contribution in [0.2, 0.25) is 0 Å². The van der Waals surface area contributed by atoms with Gasteiger partial charge < -0.3 is 71.4 Å². The van der Waals surface area contributed by atoms with Crippen molar-refractivity contribution in [2.45, 2.75) is 144 Å². The van der Waals surface area contributed by atoms with Crippen LogP contribution >= 0.6 is 36.2 Å². The van der Waals surface area contributed by atoms with Gasteiger partial charge in [-0.2, -0.15) is 0 Å². The Labute approximate surface area is 425 Å². The monoisotopic (exact) mass is 1130 g/mol. The Hall–Kier alpha value is -4.50. The number of halogens is 2. The highest BCUT2D eigenvalue weighted by Crippen LogP contribution is 2.57. The maximum atomic E-state index is 11.9. The molecule has 2 N–H and O–H groups in total. The summed E-state index contributed by atoms with van der Waals surface area (Å²) >= 11 is 9.86. The van der Waals surface area contributed by atoms with Gasteiger partial charge in [0.1, 0.15) is 38.6 Å². The van der Waals surface area contributed by atoms with E-state index >= 15 is 0 Å². The predicted octanol–water partition coefficient (Wildman–Crippen LogP) is 2.41. The van der Waals surface area contributed by atoms with Gasteiger partial charge in [-0.15, -0.1) is 0 Å². The number of cyclic esters (lactones) is 2. The van der Waals surface area contributed by atoms with Crippen LogP contribution in [-0.4, -0.2) is 184 Å². The zero-order valence-electron chi connectivity index (χ0n) is 42.2. The molecule has 1 saturated heterocycles. The van der Waals surface area contributed by atoms with Gasteiger partial charge in [-0.1, -0.05) is 0 Å². The molecular weight excluding hydrogens is 1060 g/mol. The second-order valence-electron chi connectivity index (χ2n) is 14.1. The normalized spacial score (nSPS) is 18.1. The lowest BCUT2D eigenvalue weighted by molar-refractivity contribution is -0.191. The second kappa shape index (κ2) is 37.3. The lowest BCUT2D eigenvalue weighted by atomic mass is 10.3. The Morgan fingerprint density at radius 3 is 1.03 bits per heavy atom. The van der Waals surface area contributed by atoms with Crippen LogP contribution < -0.4 is 0 Å². The summed E-state index contributed by atoms with van der Waals surface area (Å²) in [4.78, 5) is 114. The quantitative estimate of drug-likeness (QED) is 0.0573. The van der Waals surface area contributed by atoms with Crippen LogP contribution in [0.5, 0.6) is 0 Å². The molecule has 0 aromatic rings. The van der Waals surface area contributed by atoms with Crippen molar-refractivity contribution in [1.82, 2.24) is 0 Å². The van der Waals surface area contributed by atoms with Gasteiger partial charge in [0.15, 0.2) is 48.8 Å². The highest BCUT2D eigenvalue weighted by Gasteiger charge is 2.33. The van der Waals surface area contributed by atoms with Crippen molar-refractivity contribution in [3.8, 4) is 0 Å². The number of esters is 10. The van der Waals surface area contributed by atoms with Crippen LogP contribution in [-0.2, 0) is 123 Å². The smallest absolute Gasteiger partial charge is 0.380 e. The molecule has 1 aliphatic rings. The van der Waals surface area contributed by atoms with Crippen LogP contribution in [0.15, 0.2) is 0 Å². The first-order valence-corrected chi connectivity index (χ1v) is 26.8. The molecule has 1 rings (SSSR count). The first-order valence-electron chi connectivity index (χ1n) is 21.4. The summed E-state index contributed by atoms with van der Waals surface area (Å²) in [5, 5.41) is 17.9. The summed E-state index contributed by atoms with van der Waals surface area (Å²) in [5.41, 5.74) is 0. The summed E-state index contributed by atoms with van der Waals surface area (Å²) in [6, 6.07) is 0. The third-order valence-corrected chi connectivity index (χ3v) is 10.2. The van der Waals surface area contributed by atoms with Crippen molar-refractivity contribution in [3.05, 3.63) is 0 Å². The number of carbonyl (C=O) groups is 10. The minimum absolute atomic E-state index is 0.135. The maximum absolute atomic E-state index is 11.9. The summed E-state index contributed by atoms with van der Waals surface area (Å²) in [5.74, 6) is -8.06. The number of aliphatic hydroxyl groups is 2. The summed E-state index contributed by atoms with van der Waals surface area (Å²) in [7, 11) is -2.11. The molecule has 0 aromatic heterocycles. The van der Waals surface area contributed by atoms with E-state index in [1.807, 2.05) is 0 Å². The average molecular weight is 1130 g/mol. The fourth-order valence-corrected chi connectivity index (χ4v) is 5.87. The molecule has 28 nitrogen and oxygen atoms in total. The first kappa shape index (κ1) is 71.8. The topological polar surface area (TPSA) is 375 Å². The minimum Gasteiger partial charge on any atom is -0.459 e. The molecule has 1 fully saturated rings. The number of rotatable bonds is 25. The third-order valence-electron chi connectivity index (χ3n) is 7.59. The molecule has 11 atom stereocenters. The second-order valence-corrected chi connectivity index (χ2v) is 20.4. The predicted molar refractivity (Wildman–Crippen MR) is 244 cm³/mol. The number of aliphatic hydroxyl groups excluding tert-OH is 2. The lowest BCUT2D eigenvalue weighted by Gasteiger charge is -2.22. The van der Waals surface area contributed by atoms with Gasteiger partial charge in [0.25, 0.3) is 0 Å². The Balaban J connectivity index is -0.00000101. The number of methoxy groups -OCH3 is 1. The van der Waals surface area contributed by atoms with Gasteiger partial charge in [0, 0.05) is 13.8 Å². The minimum atomic E-state index is -3.43. The van der Waals surface area contributed by atoms with Crippen LogP contribution in [0.25, 0.3) is 0 Å². The number of ether oxygens (including phenoxy) is 11. The Kier molecular flexibility index (Phi) is 37.1. The van der Waals surface area contributed by atoms with Gasteiger partial charge in [-0.3, -0.25) is 13.7 Å². The lowest BCUT2D eigenvalue weighted by Crippen LogP contribution is -2.40. The molecule has 0 spiro atoms. The molecular formula is C40H66Cl2O28P2.